The molecule has 25 heavy (non-hydrogen) atoms. The fourth-order valence-electron chi connectivity index (χ4n) is 2.40. The van der Waals surface area contributed by atoms with E-state index >= 15 is 0 Å². The third kappa shape index (κ3) is 5.11. The van der Waals surface area contributed by atoms with Gasteiger partial charge in [0.1, 0.15) is 4.90 Å². The van der Waals surface area contributed by atoms with Crippen molar-refractivity contribution in [3.8, 4) is 0 Å². The van der Waals surface area contributed by atoms with Gasteiger partial charge in [0.25, 0.3) is 0 Å². The van der Waals surface area contributed by atoms with Crippen molar-refractivity contribution in [2.45, 2.75) is 30.7 Å². The summed E-state index contributed by atoms with van der Waals surface area (Å²) in [5.41, 5.74) is 7.22. The Hall–Kier alpha value is -1.75. The maximum absolute atomic E-state index is 12.5. The molecule has 2 rings (SSSR count). The van der Waals surface area contributed by atoms with Crippen molar-refractivity contribution in [2.24, 2.45) is 5.73 Å². The van der Waals surface area contributed by atoms with E-state index in [0.717, 1.165) is 12.8 Å². The van der Waals surface area contributed by atoms with Crippen LogP contribution in [0.15, 0.2) is 21.7 Å². The van der Waals surface area contributed by atoms with E-state index in [1.54, 1.807) is 6.07 Å². The molecule has 1 aromatic carbocycles. The van der Waals surface area contributed by atoms with Crippen molar-refractivity contribution in [1.29, 1.82) is 0 Å². The van der Waals surface area contributed by atoms with Crippen LogP contribution in [0, 0.1) is 0 Å². The lowest BCUT2D eigenvalue weighted by Crippen LogP contribution is -2.31. The first-order valence-electron chi connectivity index (χ1n) is 8.24. The minimum absolute atomic E-state index is 0.0102. The number of fused-ring (bicyclic) bond motifs is 1. The first kappa shape index (κ1) is 19.6. The molecule has 0 bridgehead atoms. The number of aromatic nitrogens is 2. The fraction of sp³-hybridized carbons (Fsp3) is 0.600. The van der Waals surface area contributed by atoms with E-state index in [1.807, 2.05) is 19.0 Å². The van der Waals surface area contributed by atoms with Crippen LogP contribution in [0.4, 0.5) is 5.69 Å². The van der Waals surface area contributed by atoms with Crippen LogP contribution in [-0.2, 0) is 10.0 Å². The summed E-state index contributed by atoms with van der Waals surface area (Å²) in [6, 6.07) is 3.17. The Labute approximate surface area is 147 Å². The lowest BCUT2D eigenvalue weighted by atomic mass is 10.2. The highest BCUT2D eigenvalue weighted by molar-refractivity contribution is 7.89. The van der Waals surface area contributed by atoms with Gasteiger partial charge >= 0.3 is 0 Å². The second-order valence-electron chi connectivity index (χ2n) is 6.20. The maximum atomic E-state index is 12.5. The van der Waals surface area contributed by atoms with E-state index in [-0.39, 0.29) is 16.5 Å². The number of likely N-dealkylation sites (N-methyl/N-ethyl adjacent to an activating group) is 1. The van der Waals surface area contributed by atoms with Gasteiger partial charge in [-0.15, -0.1) is 0 Å². The second kappa shape index (κ2) is 8.56. The third-order valence-electron chi connectivity index (χ3n) is 3.73. The summed E-state index contributed by atoms with van der Waals surface area (Å²) in [6.07, 6.45) is 1.90. The highest BCUT2D eigenvalue weighted by Crippen LogP contribution is 2.26. The van der Waals surface area contributed by atoms with Crippen LogP contribution in [0.5, 0.6) is 0 Å². The van der Waals surface area contributed by atoms with E-state index < -0.39 is 10.0 Å². The first-order valence-corrected chi connectivity index (χ1v) is 9.72. The molecular formula is C15H26N6O3S. The van der Waals surface area contributed by atoms with Crippen molar-refractivity contribution in [2.75, 3.05) is 39.0 Å². The number of nitrogens with two attached hydrogens (primary N) is 1. The number of nitrogens with zero attached hydrogens (tertiary/aromatic N) is 3. The Balaban J connectivity index is 2.21. The van der Waals surface area contributed by atoms with Crippen LogP contribution in [0.25, 0.3) is 11.0 Å². The zero-order valence-corrected chi connectivity index (χ0v) is 15.6. The molecule has 0 aliphatic heterocycles. The minimum atomic E-state index is -3.70. The number of anilines is 1. The zero-order valence-electron chi connectivity index (χ0n) is 14.8. The molecule has 1 aromatic heterocycles. The number of nitrogens with one attached hydrogen (secondary N) is 2. The molecule has 0 amide bonds. The van der Waals surface area contributed by atoms with E-state index in [0.29, 0.717) is 30.8 Å². The highest BCUT2D eigenvalue weighted by atomic mass is 32.2. The van der Waals surface area contributed by atoms with Gasteiger partial charge in [-0.2, -0.15) is 0 Å². The summed E-state index contributed by atoms with van der Waals surface area (Å²) >= 11 is 0. The van der Waals surface area contributed by atoms with Crippen LogP contribution in [0.3, 0.4) is 0 Å². The summed E-state index contributed by atoms with van der Waals surface area (Å²) in [7, 11) is 0.0448. The molecule has 9 nitrogen and oxygen atoms in total. The third-order valence-corrected chi connectivity index (χ3v) is 5.23. The van der Waals surface area contributed by atoms with Gasteiger partial charge < -0.3 is 16.0 Å². The SMILES string of the molecule is CCCC(N)CNc1ccc(S(=O)(=O)NCCN(C)C)c2nonc12. The molecule has 1 unspecified atom stereocenters. The Bertz CT molecular complexity index is 790. The fourth-order valence-corrected chi connectivity index (χ4v) is 3.55. The Kier molecular flexibility index (Phi) is 6.71. The van der Waals surface area contributed by atoms with Gasteiger partial charge in [0, 0.05) is 25.7 Å². The highest BCUT2D eigenvalue weighted by Gasteiger charge is 2.22. The number of hydrogen-bond donors (Lipinski definition) is 3. The molecule has 0 radical (unpaired) electrons. The molecule has 1 atom stereocenters. The van der Waals surface area contributed by atoms with Gasteiger partial charge in [0.15, 0.2) is 11.0 Å². The number of rotatable bonds is 10. The summed E-state index contributed by atoms with van der Waals surface area (Å²) in [5.74, 6) is 0. The molecule has 0 saturated carbocycles. The predicted molar refractivity (Wildman–Crippen MR) is 96.9 cm³/mol. The van der Waals surface area contributed by atoms with Crippen molar-refractivity contribution < 1.29 is 13.0 Å². The van der Waals surface area contributed by atoms with Gasteiger partial charge in [-0.3, -0.25) is 0 Å². The largest absolute Gasteiger partial charge is 0.382 e. The molecule has 1 heterocycles. The van der Waals surface area contributed by atoms with E-state index in [4.69, 9.17) is 10.4 Å². The van der Waals surface area contributed by atoms with Crippen LogP contribution < -0.4 is 15.8 Å². The normalized spacial score (nSPS) is 13.5. The smallest absolute Gasteiger partial charge is 0.242 e. The topological polar surface area (TPSA) is 126 Å². The molecule has 0 saturated heterocycles. The van der Waals surface area contributed by atoms with Crippen molar-refractivity contribution >= 4 is 26.7 Å². The van der Waals surface area contributed by atoms with Gasteiger partial charge in [0.2, 0.25) is 10.0 Å². The van der Waals surface area contributed by atoms with E-state index in [2.05, 4.69) is 27.3 Å². The van der Waals surface area contributed by atoms with Crippen LogP contribution in [0.2, 0.25) is 0 Å². The lowest BCUT2D eigenvalue weighted by molar-refractivity contribution is 0.315. The van der Waals surface area contributed by atoms with Crippen LogP contribution in [0.1, 0.15) is 19.8 Å². The monoisotopic (exact) mass is 370 g/mol. The number of benzene rings is 1. The number of hydrogen-bond acceptors (Lipinski definition) is 8. The summed E-state index contributed by atoms with van der Waals surface area (Å²) in [6.45, 7) is 3.52. The maximum Gasteiger partial charge on any atom is 0.242 e. The summed E-state index contributed by atoms with van der Waals surface area (Å²) in [4.78, 5) is 1.94. The standard InChI is InChI=1S/C15H26N6O3S/c1-4-5-11(16)10-17-12-6-7-13(15-14(12)19-24-20-15)25(22,23)18-8-9-21(2)3/h6-7,11,17-18H,4-5,8-10,16H2,1-3H3. The van der Waals surface area contributed by atoms with Crippen molar-refractivity contribution in [1.82, 2.24) is 19.9 Å². The van der Waals surface area contributed by atoms with Gasteiger partial charge in [-0.1, -0.05) is 13.3 Å². The lowest BCUT2D eigenvalue weighted by Gasteiger charge is -2.14. The van der Waals surface area contributed by atoms with E-state index in [9.17, 15) is 8.42 Å². The average Bonchev–Trinajstić information content (AvgIpc) is 3.01. The Morgan fingerprint density at radius 1 is 1.28 bits per heavy atom. The molecule has 140 valence electrons. The zero-order chi connectivity index (χ0) is 18.4. The predicted octanol–water partition coefficient (Wildman–Crippen LogP) is 0.602. The van der Waals surface area contributed by atoms with Crippen LogP contribution >= 0.6 is 0 Å². The Morgan fingerprint density at radius 2 is 2.00 bits per heavy atom. The average molecular weight is 370 g/mol. The molecule has 2 aromatic rings. The summed E-state index contributed by atoms with van der Waals surface area (Å²) in [5, 5.41) is 10.8. The molecule has 0 aliphatic rings. The second-order valence-corrected chi connectivity index (χ2v) is 7.94. The molecule has 0 spiro atoms. The summed E-state index contributed by atoms with van der Waals surface area (Å²) < 4.78 is 32.3. The van der Waals surface area contributed by atoms with E-state index in [1.165, 1.54) is 6.07 Å². The molecular weight excluding hydrogens is 344 g/mol. The van der Waals surface area contributed by atoms with Gasteiger partial charge in [0.05, 0.1) is 5.69 Å². The molecule has 10 heteroatoms. The molecule has 4 N–H and O–H groups in total. The van der Waals surface area contributed by atoms with Crippen LogP contribution in [-0.4, -0.2) is 63.4 Å². The van der Waals surface area contributed by atoms with Crippen molar-refractivity contribution in [3.05, 3.63) is 12.1 Å². The molecule has 0 aliphatic carbocycles. The number of sulfonamides is 1. The first-order chi connectivity index (χ1) is 11.8. The minimum Gasteiger partial charge on any atom is -0.382 e. The van der Waals surface area contributed by atoms with Gasteiger partial charge in [-0.05, 0) is 43.0 Å². The quantitative estimate of drug-likeness (QED) is 0.555. The Morgan fingerprint density at radius 3 is 2.68 bits per heavy atom. The van der Waals surface area contributed by atoms with Crippen molar-refractivity contribution in [3.63, 3.8) is 0 Å². The van der Waals surface area contributed by atoms with Gasteiger partial charge in [-0.25, -0.2) is 17.8 Å². The molecule has 0 fully saturated rings.